The third kappa shape index (κ3) is 2.47. The predicted molar refractivity (Wildman–Crippen MR) is 74.6 cm³/mol. The molecule has 3 heterocycles. The van der Waals surface area contributed by atoms with Crippen LogP contribution in [-0.2, 0) is 11.2 Å². The number of nitrogens with zero attached hydrogens (tertiary/aromatic N) is 3. The highest BCUT2D eigenvalue weighted by Gasteiger charge is 2.28. The van der Waals surface area contributed by atoms with Crippen molar-refractivity contribution >= 4 is 11.6 Å². The Morgan fingerprint density at radius 1 is 1.35 bits per heavy atom. The first-order chi connectivity index (χ1) is 9.74. The van der Waals surface area contributed by atoms with Crippen molar-refractivity contribution in [3.8, 4) is 5.88 Å². The highest BCUT2D eigenvalue weighted by atomic mass is 16.5. The SMILES string of the molecule is C[C@@H]1CN(C(=O)Cc2ccncc2)c2cccnc2O1. The van der Waals surface area contributed by atoms with Gasteiger partial charge in [-0.05, 0) is 36.8 Å². The van der Waals surface area contributed by atoms with Crippen LogP contribution in [0.1, 0.15) is 12.5 Å². The number of carbonyl (C=O) groups excluding carboxylic acids is 1. The minimum atomic E-state index is -0.0567. The van der Waals surface area contributed by atoms with Crippen LogP contribution >= 0.6 is 0 Å². The molecular formula is C15H15N3O2. The number of rotatable bonds is 2. The quantitative estimate of drug-likeness (QED) is 0.834. The zero-order chi connectivity index (χ0) is 13.9. The van der Waals surface area contributed by atoms with Gasteiger partial charge in [0.25, 0.3) is 0 Å². The summed E-state index contributed by atoms with van der Waals surface area (Å²) < 4.78 is 5.65. The summed E-state index contributed by atoms with van der Waals surface area (Å²) in [6.07, 6.45) is 5.35. The van der Waals surface area contributed by atoms with E-state index in [0.29, 0.717) is 18.8 Å². The van der Waals surface area contributed by atoms with Crippen molar-refractivity contribution in [2.75, 3.05) is 11.4 Å². The van der Waals surface area contributed by atoms with Crippen molar-refractivity contribution in [2.24, 2.45) is 0 Å². The zero-order valence-electron chi connectivity index (χ0n) is 11.2. The van der Waals surface area contributed by atoms with Crippen LogP contribution in [-0.4, -0.2) is 28.5 Å². The highest BCUT2D eigenvalue weighted by Crippen LogP contribution is 2.31. The molecule has 5 heteroatoms. The molecule has 5 nitrogen and oxygen atoms in total. The molecule has 0 bridgehead atoms. The number of amides is 1. The lowest BCUT2D eigenvalue weighted by molar-refractivity contribution is -0.118. The summed E-state index contributed by atoms with van der Waals surface area (Å²) in [6, 6.07) is 7.38. The number of aromatic nitrogens is 2. The summed E-state index contributed by atoms with van der Waals surface area (Å²) in [5, 5.41) is 0. The molecular weight excluding hydrogens is 254 g/mol. The fraction of sp³-hybridized carbons (Fsp3) is 0.267. The van der Waals surface area contributed by atoms with Gasteiger partial charge in [-0.1, -0.05) is 0 Å². The van der Waals surface area contributed by atoms with E-state index in [9.17, 15) is 4.79 Å². The molecule has 0 spiro atoms. The Bertz CT molecular complexity index is 616. The third-order valence-corrected chi connectivity index (χ3v) is 3.20. The van der Waals surface area contributed by atoms with Crippen molar-refractivity contribution < 1.29 is 9.53 Å². The first-order valence-corrected chi connectivity index (χ1v) is 6.55. The van der Waals surface area contributed by atoms with Gasteiger partial charge in [0.1, 0.15) is 11.8 Å². The van der Waals surface area contributed by atoms with Gasteiger partial charge in [-0.15, -0.1) is 0 Å². The molecule has 1 aliphatic heterocycles. The summed E-state index contributed by atoms with van der Waals surface area (Å²) in [5.41, 5.74) is 1.69. The number of anilines is 1. The molecule has 1 atom stereocenters. The summed E-state index contributed by atoms with van der Waals surface area (Å²) >= 11 is 0. The van der Waals surface area contributed by atoms with Crippen LogP contribution in [0.25, 0.3) is 0 Å². The summed E-state index contributed by atoms with van der Waals surface area (Å²) in [7, 11) is 0. The normalized spacial score (nSPS) is 17.2. The monoisotopic (exact) mass is 269 g/mol. The average molecular weight is 269 g/mol. The molecule has 102 valence electrons. The summed E-state index contributed by atoms with van der Waals surface area (Å²) in [5.74, 6) is 0.565. The molecule has 0 saturated carbocycles. The number of hydrogen-bond donors (Lipinski definition) is 0. The average Bonchev–Trinajstić information content (AvgIpc) is 2.47. The number of fused-ring (bicyclic) bond motifs is 1. The van der Waals surface area contributed by atoms with Crippen LogP contribution < -0.4 is 9.64 Å². The van der Waals surface area contributed by atoms with Gasteiger partial charge in [0.15, 0.2) is 0 Å². The van der Waals surface area contributed by atoms with Crippen LogP contribution in [0.2, 0.25) is 0 Å². The van der Waals surface area contributed by atoms with E-state index in [1.54, 1.807) is 23.5 Å². The molecule has 2 aromatic rings. The maximum atomic E-state index is 12.5. The largest absolute Gasteiger partial charge is 0.471 e. The number of hydrogen-bond acceptors (Lipinski definition) is 4. The van der Waals surface area contributed by atoms with Gasteiger partial charge in [-0.25, -0.2) is 4.98 Å². The fourth-order valence-electron chi connectivity index (χ4n) is 2.27. The second-order valence-corrected chi connectivity index (χ2v) is 4.79. The molecule has 0 N–H and O–H groups in total. The Labute approximate surface area is 117 Å². The number of carbonyl (C=O) groups is 1. The van der Waals surface area contributed by atoms with Gasteiger partial charge < -0.3 is 9.64 Å². The molecule has 0 unspecified atom stereocenters. The Balaban J connectivity index is 1.85. The molecule has 1 amide bonds. The minimum absolute atomic E-state index is 0.0422. The second kappa shape index (κ2) is 5.28. The highest BCUT2D eigenvalue weighted by molar-refractivity contribution is 5.96. The second-order valence-electron chi connectivity index (χ2n) is 4.79. The van der Waals surface area contributed by atoms with Gasteiger partial charge in [-0.3, -0.25) is 9.78 Å². The first-order valence-electron chi connectivity index (χ1n) is 6.55. The van der Waals surface area contributed by atoms with Crippen LogP contribution in [0.4, 0.5) is 5.69 Å². The lowest BCUT2D eigenvalue weighted by Crippen LogP contribution is -2.43. The molecule has 2 aromatic heterocycles. The predicted octanol–water partition coefficient (Wildman–Crippen LogP) is 1.83. The van der Waals surface area contributed by atoms with E-state index < -0.39 is 0 Å². The molecule has 0 aliphatic carbocycles. The van der Waals surface area contributed by atoms with Crippen molar-refractivity contribution in [3.63, 3.8) is 0 Å². The van der Waals surface area contributed by atoms with E-state index >= 15 is 0 Å². The minimum Gasteiger partial charge on any atom is -0.471 e. The number of ether oxygens (including phenoxy) is 1. The zero-order valence-corrected chi connectivity index (χ0v) is 11.2. The maximum Gasteiger partial charge on any atom is 0.238 e. The first kappa shape index (κ1) is 12.6. The lowest BCUT2D eigenvalue weighted by atomic mass is 10.1. The maximum absolute atomic E-state index is 12.5. The van der Waals surface area contributed by atoms with E-state index in [0.717, 1.165) is 11.3 Å². The Hall–Kier alpha value is -2.43. The van der Waals surface area contributed by atoms with Crippen molar-refractivity contribution in [1.82, 2.24) is 9.97 Å². The van der Waals surface area contributed by atoms with Crippen LogP contribution in [0, 0.1) is 0 Å². The van der Waals surface area contributed by atoms with Gasteiger partial charge in [0.2, 0.25) is 11.8 Å². The van der Waals surface area contributed by atoms with E-state index in [1.807, 2.05) is 31.2 Å². The lowest BCUT2D eigenvalue weighted by Gasteiger charge is -2.32. The molecule has 0 aromatic carbocycles. The molecule has 3 rings (SSSR count). The smallest absolute Gasteiger partial charge is 0.238 e. The Morgan fingerprint density at radius 2 is 2.15 bits per heavy atom. The van der Waals surface area contributed by atoms with Crippen molar-refractivity contribution in [1.29, 1.82) is 0 Å². The van der Waals surface area contributed by atoms with E-state index in [2.05, 4.69) is 9.97 Å². The van der Waals surface area contributed by atoms with Gasteiger partial charge in [-0.2, -0.15) is 0 Å². The van der Waals surface area contributed by atoms with Crippen molar-refractivity contribution in [2.45, 2.75) is 19.4 Å². The Kier molecular flexibility index (Phi) is 3.33. The Morgan fingerprint density at radius 3 is 2.95 bits per heavy atom. The van der Waals surface area contributed by atoms with Gasteiger partial charge >= 0.3 is 0 Å². The third-order valence-electron chi connectivity index (χ3n) is 3.20. The molecule has 0 fully saturated rings. The molecule has 20 heavy (non-hydrogen) atoms. The molecule has 0 radical (unpaired) electrons. The standard InChI is InChI=1S/C15H15N3O2/c1-11-10-18(13-3-2-6-17-15(13)20-11)14(19)9-12-4-7-16-8-5-12/h2-8,11H,9-10H2,1H3/t11-/m1/s1. The molecule has 0 saturated heterocycles. The van der Waals surface area contributed by atoms with E-state index in [-0.39, 0.29) is 12.0 Å². The topological polar surface area (TPSA) is 55.3 Å². The van der Waals surface area contributed by atoms with Crippen LogP contribution in [0.3, 0.4) is 0 Å². The fourth-order valence-corrected chi connectivity index (χ4v) is 2.27. The van der Waals surface area contributed by atoms with Crippen LogP contribution in [0.15, 0.2) is 42.9 Å². The van der Waals surface area contributed by atoms with Crippen LogP contribution in [0.5, 0.6) is 5.88 Å². The van der Waals surface area contributed by atoms with Crippen molar-refractivity contribution in [3.05, 3.63) is 48.4 Å². The van der Waals surface area contributed by atoms with Gasteiger partial charge in [0.05, 0.1) is 13.0 Å². The summed E-state index contributed by atoms with van der Waals surface area (Å²) in [4.78, 5) is 22.4. The molecule has 1 aliphatic rings. The van der Waals surface area contributed by atoms with E-state index in [1.165, 1.54) is 0 Å². The number of pyridine rings is 2. The van der Waals surface area contributed by atoms with Gasteiger partial charge in [0, 0.05) is 18.6 Å². The van der Waals surface area contributed by atoms with E-state index in [4.69, 9.17) is 4.74 Å². The summed E-state index contributed by atoms with van der Waals surface area (Å²) in [6.45, 7) is 2.48.